The molecule has 2 rings (SSSR count). The van der Waals surface area contributed by atoms with Gasteiger partial charge in [0.25, 0.3) is 0 Å². The topological polar surface area (TPSA) is 23.8 Å². The second kappa shape index (κ2) is 3.30. The molecular weight excluding hydrogens is 196 g/mol. The van der Waals surface area contributed by atoms with Crippen molar-refractivity contribution in [2.75, 3.05) is 0 Å². The van der Waals surface area contributed by atoms with Crippen LogP contribution in [0.2, 0.25) is 0 Å². The molecule has 1 aromatic rings. The van der Waals surface area contributed by atoms with Crippen LogP contribution in [0.15, 0.2) is 18.2 Å². The van der Waals surface area contributed by atoms with Crippen molar-refractivity contribution in [3.63, 3.8) is 0 Å². The molecule has 1 fully saturated rings. The van der Waals surface area contributed by atoms with E-state index < -0.39 is 5.82 Å². The lowest BCUT2D eigenvalue weighted by molar-refractivity contribution is 0.195. The summed E-state index contributed by atoms with van der Waals surface area (Å²) in [6, 6.07) is 5.69. The first-order valence-corrected chi connectivity index (χ1v) is 4.90. The molecule has 3 heteroatoms. The molecule has 78 valence electrons. The van der Waals surface area contributed by atoms with E-state index in [9.17, 15) is 8.78 Å². The summed E-state index contributed by atoms with van der Waals surface area (Å²) < 4.78 is 26.3. The van der Waals surface area contributed by atoms with Gasteiger partial charge in [0, 0.05) is 0 Å². The van der Waals surface area contributed by atoms with Gasteiger partial charge in [-0.1, -0.05) is 0 Å². The maximum absolute atomic E-state index is 13.3. The molecule has 0 unspecified atom stereocenters. The zero-order valence-corrected chi connectivity index (χ0v) is 8.43. The Morgan fingerprint density at radius 2 is 2.07 bits per heavy atom. The summed E-state index contributed by atoms with van der Waals surface area (Å²) in [4.78, 5) is 0. The predicted molar refractivity (Wildman–Crippen MR) is 52.1 cm³/mol. The molecular formula is C12H11F2N. The third kappa shape index (κ3) is 1.72. The molecule has 0 bridgehead atoms. The van der Waals surface area contributed by atoms with Crippen LogP contribution < -0.4 is 0 Å². The summed E-state index contributed by atoms with van der Waals surface area (Å²) in [6.07, 6.45) is 1.23. The van der Waals surface area contributed by atoms with Gasteiger partial charge in [-0.2, -0.15) is 5.26 Å². The van der Waals surface area contributed by atoms with Gasteiger partial charge in [-0.15, -0.1) is 0 Å². The number of hydrogen-bond donors (Lipinski definition) is 0. The molecule has 0 aromatic heterocycles. The Bertz CT molecular complexity index is 428. The van der Waals surface area contributed by atoms with Gasteiger partial charge in [0.1, 0.15) is 11.6 Å². The first kappa shape index (κ1) is 10.1. The van der Waals surface area contributed by atoms with Crippen molar-refractivity contribution in [1.82, 2.24) is 0 Å². The largest absolute Gasteiger partial charge is 0.207 e. The average molecular weight is 207 g/mol. The molecule has 1 aliphatic rings. The van der Waals surface area contributed by atoms with Crippen molar-refractivity contribution in [3.8, 4) is 6.07 Å². The first-order valence-electron chi connectivity index (χ1n) is 4.90. The maximum Gasteiger partial charge on any atom is 0.126 e. The fourth-order valence-electron chi connectivity index (χ4n) is 2.17. The number of nitriles is 1. The number of hydrogen-bond acceptors (Lipinski definition) is 1. The van der Waals surface area contributed by atoms with Crippen LogP contribution in [0.25, 0.3) is 0 Å². The summed E-state index contributed by atoms with van der Waals surface area (Å²) in [7, 11) is 0. The van der Waals surface area contributed by atoms with Crippen molar-refractivity contribution >= 4 is 0 Å². The Labute approximate surface area is 87.3 Å². The molecule has 0 radical (unpaired) electrons. The fourth-order valence-corrected chi connectivity index (χ4v) is 2.17. The van der Waals surface area contributed by atoms with Gasteiger partial charge in [0.05, 0.1) is 11.5 Å². The first-order chi connectivity index (χ1) is 7.04. The maximum atomic E-state index is 13.3. The highest BCUT2D eigenvalue weighted by Gasteiger charge is 2.42. The van der Waals surface area contributed by atoms with Gasteiger partial charge in [-0.25, -0.2) is 8.78 Å². The van der Waals surface area contributed by atoms with E-state index in [1.165, 1.54) is 6.07 Å². The minimum atomic E-state index is -0.419. The highest BCUT2D eigenvalue weighted by Crippen LogP contribution is 2.50. The van der Waals surface area contributed by atoms with Crippen molar-refractivity contribution in [3.05, 3.63) is 35.4 Å². The molecule has 0 aliphatic heterocycles. The molecule has 15 heavy (non-hydrogen) atoms. The summed E-state index contributed by atoms with van der Waals surface area (Å²) >= 11 is 0. The van der Waals surface area contributed by atoms with E-state index in [0.717, 1.165) is 12.1 Å². The lowest BCUT2D eigenvalue weighted by Gasteiger charge is -2.40. The number of nitrogens with zero attached hydrogens (tertiary/aromatic N) is 1. The second-order valence-corrected chi connectivity index (χ2v) is 4.44. The zero-order chi connectivity index (χ0) is 11.1. The van der Waals surface area contributed by atoms with E-state index in [1.54, 1.807) is 0 Å². The van der Waals surface area contributed by atoms with Gasteiger partial charge >= 0.3 is 0 Å². The molecule has 0 amide bonds. The van der Waals surface area contributed by atoms with Crippen molar-refractivity contribution in [2.24, 2.45) is 5.41 Å². The quantitative estimate of drug-likeness (QED) is 0.692. The van der Waals surface area contributed by atoms with Crippen LogP contribution in [0.4, 0.5) is 8.78 Å². The van der Waals surface area contributed by atoms with Crippen LogP contribution in [0.1, 0.15) is 31.2 Å². The van der Waals surface area contributed by atoms with E-state index >= 15 is 0 Å². The summed E-state index contributed by atoms with van der Waals surface area (Å²) in [5.74, 6) is -0.802. The van der Waals surface area contributed by atoms with E-state index in [4.69, 9.17) is 5.26 Å². The smallest absolute Gasteiger partial charge is 0.126 e. The Morgan fingerprint density at radius 1 is 1.40 bits per heavy atom. The molecule has 1 saturated carbocycles. The zero-order valence-electron chi connectivity index (χ0n) is 8.43. The monoisotopic (exact) mass is 207 g/mol. The van der Waals surface area contributed by atoms with Crippen LogP contribution in [0.3, 0.4) is 0 Å². The molecule has 0 N–H and O–H groups in total. The predicted octanol–water partition coefficient (Wildman–Crippen LogP) is 3.37. The number of benzene rings is 1. The van der Waals surface area contributed by atoms with Crippen LogP contribution in [-0.4, -0.2) is 0 Å². The van der Waals surface area contributed by atoms with Gasteiger partial charge in [0.15, 0.2) is 0 Å². The van der Waals surface area contributed by atoms with Gasteiger partial charge in [0.2, 0.25) is 0 Å². The highest BCUT2D eigenvalue weighted by atomic mass is 19.1. The van der Waals surface area contributed by atoms with E-state index in [-0.39, 0.29) is 17.2 Å². The molecule has 1 aromatic carbocycles. The Hall–Kier alpha value is -1.43. The Morgan fingerprint density at radius 3 is 2.67 bits per heavy atom. The summed E-state index contributed by atoms with van der Waals surface area (Å²) in [5.41, 5.74) is 0.0476. The summed E-state index contributed by atoms with van der Waals surface area (Å²) in [6.45, 7) is 1.85. The van der Waals surface area contributed by atoms with Crippen molar-refractivity contribution in [1.29, 1.82) is 5.26 Å². The van der Waals surface area contributed by atoms with Crippen molar-refractivity contribution in [2.45, 2.75) is 25.7 Å². The van der Waals surface area contributed by atoms with Crippen LogP contribution >= 0.6 is 0 Å². The Kier molecular flexibility index (Phi) is 2.22. The van der Waals surface area contributed by atoms with Crippen LogP contribution in [0, 0.1) is 28.4 Å². The molecule has 1 aliphatic carbocycles. The molecule has 0 atom stereocenters. The van der Waals surface area contributed by atoms with Gasteiger partial charge in [-0.05, 0) is 49.4 Å². The van der Waals surface area contributed by atoms with Gasteiger partial charge < -0.3 is 0 Å². The third-order valence-electron chi connectivity index (χ3n) is 3.06. The normalized spacial score (nSPS) is 29.3. The number of rotatable bonds is 1. The molecule has 0 spiro atoms. The van der Waals surface area contributed by atoms with E-state index in [2.05, 4.69) is 6.07 Å². The highest BCUT2D eigenvalue weighted by molar-refractivity contribution is 5.28. The average Bonchev–Trinajstić information content (AvgIpc) is 2.17. The standard InChI is InChI=1S/C12H11F2N/c1-12(7-15)5-8(6-12)10-4-9(13)2-3-11(10)14/h2-4,8H,5-6H2,1H3. The molecule has 0 saturated heterocycles. The lowest BCUT2D eigenvalue weighted by atomic mass is 9.62. The fraction of sp³-hybridized carbons (Fsp3) is 0.417. The van der Waals surface area contributed by atoms with Crippen LogP contribution in [0.5, 0.6) is 0 Å². The minimum absolute atomic E-state index is 0.00894. The second-order valence-electron chi connectivity index (χ2n) is 4.44. The van der Waals surface area contributed by atoms with E-state index in [1.807, 2.05) is 6.92 Å². The van der Waals surface area contributed by atoms with Crippen molar-refractivity contribution < 1.29 is 8.78 Å². The third-order valence-corrected chi connectivity index (χ3v) is 3.06. The summed E-state index contributed by atoms with van der Waals surface area (Å²) in [5, 5.41) is 8.82. The molecule has 0 heterocycles. The van der Waals surface area contributed by atoms with Crippen LogP contribution in [-0.2, 0) is 0 Å². The van der Waals surface area contributed by atoms with E-state index in [0.29, 0.717) is 18.4 Å². The van der Waals surface area contributed by atoms with Gasteiger partial charge in [-0.3, -0.25) is 0 Å². The molecule has 1 nitrogen and oxygen atoms in total. The minimum Gasteiger partial charge on any atom is -0.207 e. The Balaban J connectivity index is 2.20. The number of halogens is 2. The SMILES string of the molecule is CC1(C#N)CC(c2cc(F)ccc2F)C1. The lowest BCUT2D eigenvalue weighted by Crippen LogP contribution is -2.31.